The fourth-order valence-corrected chi connectivity index (χ4v) is 4.08. The van der Waals surface area contributed by atoms with Crippen molar-refractivity contribution in [1.82, 2.24) is 14.9 Å². The lowest BCUT2D eigenvalue weighted by Crippen LogP contribution is -2.40. The van der Waals surface area contributed by atoms with Gasteiger partial charge in [0, 0.05) is 41.9 Å². The van der Waals surface area contributed by atoms with Crippen molar-refractivity contribution in [2.24, 2.45) is 0 Å². The Balaban J connectivity index is 1.50. The van der Waals surface area contributed by atoms with Crippen molar-refractivity contribution in [2.75, 3.05) is 30.8 Å². The van der Waals surface area contributed by atoms with Crippen LogP contribution in [0.15, 0.2) is 54.4 Å². The van der Waals surface area contributed by atoms with Crippen molar-refractivity contribution < 1.29 is 19.1 Å². The zero-order valence-corrected chi connectivity index (χ0v) is 22.0. The van der Waals surface area contributed by atoms with Crippen LogP contribution in [0, 0.1) is 12.3 Å². The molecule has 2 aromatic carbocycles. The van der Waals surface area contributed by atoms with Crippen LogP contribution in [0.4, 0.5) is 22.0 Å². The van der Waals surface area contributed by atoms with E-state index in [4.69, 9.17) is 15.9 Å². The number of benzene rings is 2. The van der Waals surface area contributed by atoms with Gasteiger partial charge in [-0.3, -0.25) is 4.79 Å². The second-order valence-electron chi connectivity index (χ2n) is 9.90. The molecule has 196 valence electrons. The van der Waals surface area contributed by atoms with Gasteiger partial charge in [0.2, 0.25) is 5.91 Å². The summed E-state index contributed by atoms with van der Waals surface area (Å²) in [5.41, 5.74) is 3.08. The molecule has 0 saturated carbocycles. The molecule has 1 aliphatic rings. The fourth-order valence-electron chi connectivity index (χ4n) is 4.08. The first-order chi connectivity index (χ1) is 18.1. The molecular weight excluding hydrogens is 482 g/mol. The number of anilines is 3. The molecule has 0 unspecified atom stereocenters. The molecule has 0 bridgehead atoms. The number of hydrogen-bond acceptors (Lipinski definition) is 7. The zero-order chi connectivity index (χ0) is 27.3. The number of nitrogens with one attached hydrogen (secondary N) is 2. The molecule has 0 spiro atoms. The van der Waals surface area contributed by atoms with Crippen molar-refractivity contribution >= 4 is 40.1 Å². The summed E-state index contributed by atoms with van der Waals surface area (Å²) >= 11 is 0. The van der Waals surface area contributed by atoms with Gasteiger partial charge in [0.25, 0.3) is 0 Å². The maximum Gasteiger partial charge on any atom is 0.410 e. The number of rotatable bonds is 5. The molecule has 2 amide bonds. The summed E-state index contributed by atoms with van der Waals surface area (Å²) in [6, 6.07) is 11.0. The zero-order valence-electron chi connectivity index (χ0n) is 22.0. The minimum absolute atomic E-state index is 0.281. The van der Waals surface area contributed by atoms with E-state index in [2.05, 4.69) is 26.5 Å². The van der Waals surface area contributed by atoms with Crippen molar-refractivity contribution in [3.63, 3.8) is 0 Å². The van der Waals surface area contributed by atoms with Gasteiger partial charge in [0.1, 0.15) is 23.5 Å². The number of methoxy groups -OCH3 is 1. The molecule has 9 heteroatoms. The number of fused-ring (bicyclic) bond motifs is 1. The molecule has 1 aromatic heterocycles. The second-order valence-corrected chi connectivity index (χ2v) is 9.90. The van der Waals surface area contributed by atoms with E-state index >= 15 is 0 Å². The molecule has 0 atom stereocenters. The average molecular weight is 514 g/mol. The van der Waals surface area contributed by atoms with Crippen LogP contribution < -0.4 is 15.4 Å². The predicted molar refractivity (Wildman–Crippen MR) is 148 cm³/mol. The predicted octanol–water partition coefficient (Wildman–Crippen LogP) is 5.26. The first-order valence-corrected chi connectivity index (χ1v) is 12.3. The maximum atomic E-state index is 12.9. The van der Waals surface area contributed by atoms with Gasteiger partial charge in [-0.15, -0.1) is 6.42 Å². The van der Waals surface area contributed by atoms with Gasteiger partial charge < -0.3 is 25.0 Å². The molecule has 1 saturated heterocycles. The lowest BCUT2D eigenvalue weighted by atomic mass is 10.0. The normalized spacial score (nSPS) is 13.4. The topological polar surface area (TPSA) is 106 Å². The number of terminal acetylenes is 1. The van der Waals surface area contributed by atoms with Crippen LogP contribution in [0.1, 0.15) is 39.2 Å². The lowest BCUT2D eigenvalue weighted by molar-refractivity contribution is -0.112. The van der Waals surface area contributed by atoms with Gasteiger partial charge in [0.05, 0.1) is 18.3 Å². The highest BCUT2D eigenvalue weighted by Gasteiger charge is 2.25. The van der Waals surface area contributed by atoms with Crippen molar-refractivity contribution in [3.8, 4) is 18.1 Å². The summed E-state index contributed by atoms with van der Waals surface area (Å²) in [6.45, 7) is 6.52. The number of piperidine rings is 1. The minimum atomic E-state index is -0.544. The van der Waals surface area contributed by atoms with Crippen molar-refractivity contribution in [2.45, 2.75) is 39.2 Å². The van der Waals surface area contributed by atoms with E-state index < -0.39 is 5.60 Å². The standard InChI is InChI=1S/C29H31N5O4/c1-6-19-8-7-9-21(14-19)32-27-22-16-24(25(37-5)17-23(22)30-18-31-27)33-26(35)15-20-10-12-34(13-11-20)28(36)38-29(2,3)4/h1,7-9,14-18H,10-13H2,2-5H3,(H,33,35)(H,30,31,32). The first kappa shape index (κ1) is 26.5. The van der Waals surface area contributed by atoms with Crippen LogP contribution in [0.25, 0.3) is 10.9 Å². The molecule has 38 heavy (non-hydrogen) atoms. The molecule has 1 aliphatic heterocycles. The molecule has 0 radical (unpaired) electrons. The van der Waals surface area contributed by atoms with Crippen LogP contribution in [0.2, 0.25) is 0 Å². The lowest BCUT2D eigenvalue weighted by Gasteiger charge is -2.30. The maximum absolute atomic E-state index is 12.9. The van der Waals surface area contributed by atoms with Crippen molar-refractivity contribution in [3.05, 3.63) is 59.9 Å². The highest BCUT2D eigenvalue weighted by atomic mass is 16.6. The number of nitrogens with zero attached hydrogens (tertiary/aromatic N) is 3. The minimum Gasteiger partial charge on any atom is -0.494 e. The third-order valence-electron chi connectivity index (χ3n) is 5.90. The molecular formula is C29H31N5O4. The van der Waals surface area contributed by atoms with E-state index in [1.807, 2.05) is 45.0 Å². The van der Waals surface area contributed by atoms with E-state index in [-0.39, 0.29) is 12.0 Å². The highest BCUT2D eigenvalue weighted by Crippen LogP contribution is 2.33. The summed E-state index contributed by atoms with van der Waals surface area (Å²) < 4.78 is 11.0. The Hall–Kier alpha value is -4.58. The summed E-state index contributed by atoms with van der Waals surface area (Å²) in [4.78, 5) is 35.6. The molecule has 1 fully saturated rings. The molecule has 2 heterocycles. The number of aromatic nitrogens is 2. The average Bonchev–Trinajstić information content (AvgIpc) is 2.88. The number of amides is 2. The molecule has 9 nitrogen and oxygen atoms in total. The summed E-state index contributed by atoms with van der Waals surface area (Å²) in [7, 11) is 1.54. The van der Waals surface area contributed by atoms with Crippen LogP contribution in [-0.4, -0.2) is 52.7 Å². The fraction of sp³-hybridized carbons (Fsp3) is 0.310. The summed E-state index contributed by atoms with van der Waals surface area (Å²) in [5, 5.41) is 6.90. The van der Waals surface area contributed by atoms with Crippen LogP contribution in [0.3, 0.4) is 0 Å². The van der Waals surface area contributed by atoms with E-state index in [1.54, 1.807) is 23.1 Å². The molecule has 4 rings (SSSR count). The number of hydrogen-bond donors (Lipinski definition) is 2. The smallest absolute Gasteiger partial charge is 0.410 e. The Morgan fingerprint density at radius 2 is 1.89 bits per heavy atom. The van der Waals surface area contributed by atoms with Crippen LogP contribution >= 0.6 is 0 Å². The van der Waals surface area contributed by atoms with Gasteiger partial charge in [-0.2, -0.15) is 0 Å². The van der Waals surface area contributed by atoms with Gasteiger partial charge >= 0.3 is 6.09 Å². The SMILES string of the molecule is C#Cc1cccc(Nc2ncnc3cc(OC)c(NC(=O)C=C4CCN(C(=O)OC(C)(C)C)CC4)cc23)c1. The van der Waals surface area contributed by atoms with E-state index in [0.29, 0.717) is 54.1 Å². The van der Waals surface area contributed by atoms with Gasteiger partial charge in [-0.1, -0.05) is 17.6 Å². The van der Waals surface area contributed by atoms with E-state index in [1.165, 1.54) is 13.4 Å². The number of carbonyl (C=O) groups is 2. The Morgan fingerprint density at radius 3 is 2.58 bits per heavy atom. The largest absolute Gasteiger partial charge is 0.494 e. The van der Waals surface area contributed by atoms with Gasteiger partial charge in [0.15, 0.2) is 0 Å². The van der Waals surface area contributed by atoms with Crippen LogP contribution in [-0.2, 0) is 9.53 Å². The van der Waals surface area contributed by atoms with Gasteiger partial charge in [-0.05, 0) is 57.9 Å². The quantitative estimate of drug-likeness (QED) is 0.354. The first-order valence-electron chi connectivity index (χ1n) is 12.3. The second kappa shape index (κ2) is 11.2. The molecule has 2 N–H and O–H groups in total. The third-order valence-corrected chi connectivity index (χ3v) is 5.90. The molecule has 3 aromatic rings. The third kappa shape index (κ3) is 6.59. The summed E-state index contributed by atoms with van der Waals surface area (Å²) in [5.74, 6) is 3.38. The number of likely N-dealkylation sites (tertiary alicyclic amines) is 1. The van der Waals surface area contributed by atoms with E-state index in [9.17, 15) is 9.59 Å². The molecule has 0 aliphatic carbocycles. The van der Waals surface area contributed by atoms with Crippen molar-refractivity contribution in [1.29, 1.82) is 0 Å². The number of carbonyl (C=O) groups excluding carboxylic acids is 2. The van der Waals surface area contributed by atoms with E-state index in [0.717, 1.165) is 16.8 Å². The Kier molecular flexibility index (Phi) is 7.82. The van der Waals surface area contributed by atoms with Crippen LogP contribution in [0.5, 0.6) is 5.75 Å². The highest BCUT2D eigenvalue weighted by molar-refractivity contribution is 6.04. The number of ether oxygens (including phenoxy) is 2. The Morgan fingerprint density at radius 1 is 1.13 bits per heavy atom. The van der Waals surface area contributed by atoms with Gasteiger partial charge in [-0.25, -0.2) is 14.8 Å². The Bertz CT molecular complexity index is 1430. The monoisotopic (exact) mass is 513 g/mol. The summed E-state index contributed by atoms with van der Waals surface area (Å²) in [6.07, 6.45) is 9.43. The Labute approximate surface area is 222 Å².